The Labute approximate surface area is 102 Å². The first-order valence-electron chi connectivity index (χ1n) is 5.16. The topological polar surface area (TPSA) is 64.9 Å². The molecule has 0 aliphatic heterocycles. The largest absolute Gasteiger partial charge is 0.416 e. The Morgan fingerprint density at radius 1 is 1.41 bits per heavy atom. The monoisotopic (exact) mass is 253 g/mol. The van der Waals surface area contributed by atoms with Gasteiger partial charge in [0, 0.05) is 17.4 Å². The molecule has 1 aromatic carbocycles. The van der Waals surface area contributed by atoms with Crippen LogP contribution in [0.4, 0.5) is 4.39 Å². The van der Waals surface area contributed by atoms with Crippen LogP contribution in [0, 0.1) is 12.7 Å². The Morgan fingerprint density at radius 2 is 2.24 bits per heavy atom. The minimum absolute atomic E-state index is 0.253. The SMILES string of the molecule is Cc1nnc(Sc2cccc(F)c2CCN)o1. The maximum Gasteiger partial charge on any atom is 0.281 e. The lowest BCUT2D eigenvalue weighted by atomic mass is 10.1. The number of nitrogens with zero attached hydrogens (tertiary/aromatic N) is 2. The van der Waals surface area contributed by atoms with Crippen LogP contribution in [0.25, 0.3) is 0 Å². The van der Waals surface area contributed by atoms with Crippen LogP contribution >= 0.6 is 11.8 Å². The van der Waals surface area contributed by atoms with Crippen molar-refractivity contribution >= 4 is 11.8 Å². The van der Waals surface area contributed by atoms with E-state index in [0.717, 1.165) is 4.90 Å². The molecule has 2 N–H and O–H groups in total. The van der Waals surface area contributed by atoms with Crippen LogP contribution < -0.4 is 5.73 Å². The normalized spacial score (nSPS) is 10.8. The predicted molar refractivity (Wildman–Crippen MR) is 62.3 cm³/mol. The average Bonchev–Trinajstić information content (AvgIpc) is 2.69. The number of aromatic nitrogens is 2. The molecule has 0 bridgehead atoms. The minimum atomic E-state index is -0.253. The molecule has 4 nitrogen and oxygen atoms in total. The summed E-state index contributed by atoms with van der Waals surface area (Å²) in [6, 6.07) is 4.90. The third-order valence-corrected chi connectivity index (χ3v) is 3.12. The lowest BCUT2D eigenvalue weighted by molar-refractivity contribution is 0.429. The van der Waals surface area contributed by atoms with Gasteiger partial charge in [0.2, 0.25) is 5.89 Å². The molecule has 17 heavy (non-hydrogen) atoms. The maximum absolute atomic E-state index is 13.6. The molecule has 0 aliphatic rings. The molecule has 0 atom stereocenters. The molecular formula is C11H12FN3OS. The molecule has 2 aromatic rings. The number of aryl methyl sites for hydroxylation is 1. The number of hydrogen-bond donors (Lipinski definition) is 1. The van der Waals surface area contributed by atoms with E-state index in [1.54, 1.807) is 13.0 Å². The highest BCUT2D eigenvalue weighted by Gasteiger charge is 2.12. The molecule has 0 radical (unpaired) electrons. The highest BCUT2D eigenvalue weighted by Crippen LogP contribution is 2.30. The molecule has 0 saturated carbocycles. The lowest BCUT2D eigenvalue weighted by Crippen LogP contribution is -2.05. The molecule has 90 valence electrons. The third-order valence-electron chi connectivity index (χ3n) is 2.17. The fourth-order valence-corrected chi connectivity index (χ4v) is 2.34. The summed E-state index contributed by atoms with van der Waals surface area (Å²) in [6.07, 6.45) is 0.488. The Hall–Kier alpha value is -1.40. The van der Waals surface area contributed by atoms with Crippen molar-refractivity contribution in [2.24, 2.45) is 5.73 Å². The molecule has 0 amide bonds. The Balaban J connectivity index is 2.28. The van der Waals surface area contributed by atoms with E-state index in [0.29, 0.717) is 29.6 Å². The van der Waals surface area contributed by atoms with E-state index >= 15 is 0 Å². The van der Waals surface area contributed by atoms with Crippen molar-refractivity contribution in [2.75, 3.05) is 6.54 Å². The summed E-state index contributed by atoms with van der Waals surface area (Å²) in [5.41, 5.74) is 6.06. The van der Waals surface area contributed by atoms with E-state index in [4.69, 9.17) is 10.2 Å². The summed E-state index contributed by atoms with van der Waals surface area (Å²) in [6.45, 7) is 2.11. The number of halogens is 1. The van der Waals surface area contributed by atoms with Gasteiger partial charge in [-0.1, -0.05) is 6.07 Å². The number of hydrogen-bond acceptors (Lipinski definition) is 5. The zero-order chi connectivity index (χ0) is 12.3. The zero-order valence-electron chi connectivity index (χ0n) is 9.31. The van der Waals surface area contributed by atoms with Crippen LogP contribution in [0.1, 0.15) is 11.5 Å². The average molecular weight is 253 g/mol. The van der Waals surface area contributed by atoms with Gasteiger partial charge in [0.25, 0.3) is 5.22 Å². The van der Waals surface area contributed by atoms with Crippen LogP contribution in [-0.4, -0.2) is 16.7 Å². The quantitative estimate of drug-likeness (QED) is 0.904. The minimum Gasteiger partial charge on any atom is -0.416 e. The second kappa shape index (κ2) is 5.29. The van der Waals surface area contributed by atoms with E-state index in [9.17, 15) is 4.39 Å². The molecule has 0 unspecified atom stereocenters. The van der Waals surface area contributed by atoms with Gasteiger partial charge in [0.15, 0.2) is 0 Å². The van der Waals surface area contributed by atoms with Gasteiger partial charge in [0.1, 0.15) is 5.82 Å². The molecule has 2 rings (SSSR count). The zero-order valence-corrected chi connectivity index (χ0v) is 10.1. The second-order valence-electron chi connectivity index (χ2n) is 3.44. The Bertz CT molecular complexity index is 515. The lowest BCUT2D eigenvalue weighted by Gasteiger charge is -2.06. The van der Waals surface area contributed by atoms with Crippen molar-refractivity contribution in [3.05, 3.63) is 35.5 Å². The van der Waals surface area contributed by atoms with Gasteiger partial charge >= 0.3 is 0 Å². The molecule has 1 heterocycles. The van der Waals surface area contributed by atoms with Gasteiger partial charge in [-0.05, 0) is 36.9 Å². The van der Waals surface area contributed by atoms with Gasteiger partial charge < -0.3 is 10.2 Å². The molecule has 0 spiro atoms. The molecule has 0 aliphatic carbocycles. The van der Waals surface area contributed by atoms with Crippen molar-refractivity contribution in [3.8, 4) is 0 Å². The number of nitrogens with two attached hydrogens (primary N) is 1. The van der Waals surface area contributed by atoms with Gasteiger partial charge in [-0.3, -0.25) is 0 Å². The highest BCUT2D eigenvalue weighted by atomic mass is 32.2. The summed E-state index contributed by atoms with van der Waals surface area (Å²) in [7, 11) is 0. The first-order valence-corrected chi connectivity index (χ1v) is 5.98. The van der Waals surface area contributed by atoms with Crippen molar-refractivity contribution in [1.29, 1.82) is 0 Å². The molecule has 6 heteroatoms. The molecule has 0 fully saturated rings. The van der Waals surface area contributed by atoms with Crippen molar-refractivity contribution < 1.29 is 8.81 Å². The predicted octanol–water partition coefficient (Wildman–Crippen LogP) is 2.17. The van der Waals surface area contributed by atoms with Gasteiger partial charge in [-0.15, -0.1) is 10.2 Å². The Kier molecular flexibility index (Phi) is 3.75. The van der Waals surface area contributed by atoms with E-state index < -0.39 is 0 Å². The van der Waals surface area contributed by atoms with Gasteiger partial charge in [-0.2, -0.15) is 0 Å². The fourth-order valence-electron chi connectivity index (χ4n) is 1.44. The van der Waals surface area contributed by atoms with E-state index in [-0.39, 0.29) is 5.82 Å². The molecular weight excluding hydrogens is 241 g/mol. The summed E-state index contributed by atoms with van der Waals surface area (Å²) >= 11 is 1.25. The first-order chi connectivity index (χ1) is 8.20. The van der Waals surface area contributed by atoms with Gasteiger partial charge in [0.05, 0.1) is 0 Å². The third kappa shape index (κ3) is 2.83. The van der Waals surface area contributed by atoms with Gasteiger partial charge in [-0.25, -0.2) is 4.39 Å². The van der Waals surface area contributed by atoms with E-state index in [2.05, 4.69) is 10.2 Å². The summed E-state index contributed by atoms with van der Waals surface area (Å²) < 4.78 is 18.9. The first kappa shape index (κ1) is 12.1. The summed E-state index contributed by atoms with van der Waals surface area (Å²) in [5.74, 6) is 0.237. The van der Waals surface area contributed by atoms with E-state index in [1.807, 2.05) is 6.07 Å². The second-order valence-corrected chi connectivity index (χ2v) is 4.44. The van der Waals surface area contributed by atoms with Crippen molar-refractivity contribution in [3.63, 3.8) is 0 Å². The van der Waals surface area contributed by atoms with Crippen LogP contribution in [0.3, 0.4) is 0 Å². The van der Waals surface area contributed by atoms with Crippen molar-refractivity contribution in [2.45, 2.75) is 23.5 Å². The summed E-state index contributed by atoms with van der Waals surface area (Å²) in [4.78, 5) is 0.763. The van der Waals surface area contributed by atoms with Crippen LogP contribution in [-0.2, 0) is 6.42 Å². The van der Waals surface area contributed by atoms with Crippen LogP contribution in [0.2, 0.25) is 0 Å². The standard InChI is InChI=1S/C11H12FN3OS/c1-7-14-15-11(16-7)17-10-4-2-3-9(12)8(10)5-6-13/h2-4H,5-6,13H2,1H3. The van der Waals surface area contributed by atoms with Crippen LogP contribution in [0.5, 0.6) is 0 Å². The maximum atomic E-state index is 13.6. The fraction of sp³-hybridized carbons (Fsp3) is 0.273. The molecule has 1 aromatic heterocycles. The van der Waals surface area contributed by atoms with E-state index in [1.165, 1.54) is 17.8 Å². The Morgan fingerprint density at radius 3 is 2.88 bits per heavy atom. The van der Waals surface area contributed by atoms with Crippen LogP contribution in [0.15, 0.2) is 32.7 Å². The molecule has 0 saturated heterocycles. The smallest absolute Gasteiger partial charge is 0.281 e. The number of benzene rings is 1. The highest BCUT2D eigenvalue weighted by molar-refractivity contribution is 7.99. The number of rotatable bonds is 4. The van der Waals surface area contributed by atoms with Crippen molar-refractivity contribution in [1.82, 2.24) is 10.2 Å². The summed E-state index contributed by atoms with van der Waals surface area (Å²) in [5, 5.41) is 8.00.